The summed E-state index contributed by atoms with van der Waals surface area (Å²) in [6, 6.07) is 6.39. The monoisotopic (exact) mass is 255 g/mol. The van der Waals surface area contributed by atoms with E-state index in [1.165, 1.54) is 11.1 Å². The molecular formula is C13H18ClNO2. The molecule has 0 spiro atoms. The second-order valence-electron chi connectivity index (χ2n) is 4.25. The van der Waals surface area contributed by atoms with Gasteiger partial charge in [-0.05, 0) is 49.0 Å². The predicted octanol–water partition coefficient (Wildman–Crippen LogP) is 1.81. The van der Waals surface area contributed by atoms with Gasteiger partial charge in [0.25, 0.3) is 0 Å². The van der Waals surface area contributed by atoms with Crippen LogP contribution in [0.25, 0.3) is 0 Å². The van der Waals surface area contributed by atoms with E-state index in [1.54, 1.807) is 0 Å². The second kappa shape index (κ2) is 6.62. The summed E-state index contributed by atoms with van der Waals surface area (Å²) in [6.45, 7) is 2.07. The maximum absolute atomic E-state index is 10.5. The summed E-state index contributed by atoms with van der Waals surface area (Å²) in [5.74, 6) is -0.725. The average Bonchev–Trinajstić information content (AvgIpc) is 2.50. The number of aryl methyl sites for hydroxylation is 1. The largest absolute Gasteiger partial charge is 0.481 e. The van der Waals surface area contributed by atoms with Crippen molar-refractivity contribution < 1.29 is 9.90 Å². The first-order valence-electron chi connectivity index (χ1n) is 5.79. The molecule has 0 fully saturated rings. The lowest BCUT2D eigenvalue weighted by Crippen LogP contribution is -2.16. The molecule has 1 aromatic carbocycles. The molecule has 3 nitrogen and oxygen atoms in total. The van der Waals surface area contributed by atoms with Crippen LogP contribution >= 0.6 is 12.4 Å². The molecule has 0 aromatic heterocycles. The SMILES string of the molecule is Cl.O=C(O)CCc1ccc2c(c1)CCNCC2. The number of hydrogen-bond donors (Lipinski definition) is 2. The molecule has 4 heteroatoms. The van der Waals surface area contributed by atoms with Crippen molar-refractivity contribution in [3.63, 3.8) is 0 Å². The fraction of sp³-hybridized carbons (Fsp3) is 0.462. The highest BCUT2D eigenvalue weighted by molar-refractivity contribution is 5.85. The van der Waals surface area contributed by atoms with Gasteiger partial charge in [-0.2, -0.15) is 0 Å². The van der Waals surface area contributed by atoms with Crippen molar-refractivity contribution in [2.75, 3.05) is 13.1 Å². The van der Waals surface area contributed by atoms with Crippen molar-refractivity contribution >= 4 is 18.4 Å². The molecule has 2 N–H and O–H groups in total. The third kappa shape index (κ3) is 4.02. The fourth-order valence-corrected chi connectivity index (χ4v) is 2.13. The minimum atomic E-state index is -0.725. The van der Waals surface area contributed by atoms with Crippen molar-refractivity contribution in [3.05, 3.63) is 34.9 Å². The normalized spacial score (nSPS) is 14.4. The minimum absolute atomic E-state index is 0. The molecule has 2 rings (SSSR count). The maximum Gasteiger partial charge on any atom is 0.303 e. The number of benzene rings is 1. The zero-order chi connectivity index (χ0) is 11.4. The van der Waals surface area contributed by atoms with Crippen molar-refractivity contribution in [1.82, 2.24) is 5.32 Å². The molecule has 0 amide bonds. The Bertz CT molecular complexity index is 393. The summed E-state index contributed by atoms with van der Waals surface area (Å²) in [5.41, 5.74) is 3.93. The van der Waals surface area contributed by atoms with Gasteiger partial charge in [0.05, 0.1) is 0 Å². The third-order valence-electron chi connectivity index (χ3n) is 3.04. The van der Waals surface area contributed by atoms with Crippen LogP contribution in [0.4, 0.5) is 0 Å². The molecule has 0 unspecified atom stereocenters. The van der Waals surface area contributed by atoms with Crippen LogP contribution in [0.3, 0.4) is 0 Å². The van der Waals surface area contributed by atoms with Crippen LogP contribution < -0.4 is 5.32 Å². The standard InChI is InChI=1S/C13H17NO2.ClH/c15-13(16)4-2-10-1-3-11-5-7-14-8-6-12(11)9-10;/h1,3,9,14H,2,4-8H2,(H,15,16);1H. The highest BCUT2D eigenvalue weighted by Gasteiger charge is 2.08. The number of aliphatic carboxylic acids is 1. The Morgan fingerprint density at radius 1 is 1.24 bits per heavy atom. The first-order chi connectivity index (χ1) is 7.75. The molecule has 1 aliphatic heterocycles. The summed E-state index contributed by atoms with van der Waals surface area (Å²) < 4.78 is 0. The van der Waals surface area contributed by atoms with Crippen LogP contribution in [0.2, 0.25) is 0 Å². The Morgan fingerprint density at radius 2 is 1.94 bits per heavy atom. The Balaban J connectivity index is 0.00000144. The number of hydrogen-bond acceptors (Lipinski definition) is 2. The molecule has 0 bridgehead atoms. The minimum Gasteiger partial charge on any atom is -0.481 e. The van der Waals surface area contributed by atoms with Gasteiger partial charge in [0.2, 0.25) is 0 Å². The number of fused-ring (bicyclic) bond motifs is 1. The van der Waals surface area contributed by atoms with Crippen molar-refractivity contribution in [3.8, 4) is 0 Å². The van der Waals surface area contributed by atoms with Gasteiger partial charge < -0.3 is 10.4 Å². The van der Waals surface area contributed by atoms with Gasteiger partial charge in [0.1, 0.15) is 0 Å². The van der Waals surface area contributed by atoms with Gasteiger partial charge in [-0.25, -0.2) is 0 Å². The van der Waals surface area contributed by atoms with Crippen molar-refractivity contribution in [2.45, 2.75) is 25.7 Å². The number of carboxylic acid groups (broad SMARTS) is 1. The zero-order valence-electron chi connectivity index (χ0n) is 9.74. The van der Waals surface area contributed by atoms with Gasteiger partial charge in [-0.15, -0.1) is 12.4 Å². The summed E-state index contributed by atoms with van der Waals surface area (Å²) in [6.07, 6.45) is 2.98. The van der Waals surface area contributed by atoms with Crippen molar-refractivity contribution in [1.29, 1.82) is 0 Å². The average molecular weight is 256 g/mol. The molecule has 1 heterocycles. The van der Waals surface area contributed by atoms with Crippen LogP contribution in [0.5, 0.6) is 0 Å². The molecule has 0 saturated carbocycles. The topological polar surface area (TPSA) is 49.3 Å². The Kier molecular flexibility index (Phi) is 5.45. The van der Waals surface area contributed by atoms with Gasteiger partial charge in [0.15, 0.2) is 0 Å². The highest BCUT2D eigenvalue weighted by Crippen LogP contribution is 2.16. The van der Waals surface area contributed by atoms with Gasteiger partial charge in [-0.3, -0.25) is 4.79 Å². The van der Waals surface area contributed by atoms with E-state index in [2.05, 4.69) is 23.5 Å². The molecule has 1 aromatic rings. The van der Waals surface area contributed by atoms with E-state index in [1.807, 2.05) is 0 Å². The number of carboxylic acids is 1. The smallest absolute Gasteiger partial charge is 0.303 e. The van der Waals surface area contributed by atoms with Gasteiger partial charge >= 0.3 is 5.97 Å². The van der Waals surface area contributed by atoms with Crippen LogP contribution in [0.1, 0.15) is 23.1 Å². The number of halogens is 1. The van der Waals surface area contributed by atoms with E-state index in [0.29, 0.717) is 6.42 Å². The van der Waals surface area contributed by atoms with Crippen LogP contribution in [0.15, 0.2) is 18.2 Å². The lowest BCUT2D eigenvalue weighted by atomic mass is 9.98. The molecule has 0 aliphatic carbocycles. The second-order valence-corrected chi connectivity index (χ2v) is 4.25. The summed E-state index contributed by atoms with van der Waals surface area (Å²) in [7, 11) is 0. The van der Waals surface area contributed by atoms with E-state index in [9.17, 15) is 4.79 Å². The predicted molar refractivity (Wildman–Crippen MR) is 69.9 cm³/mol. The van der Waals surface area contributed by atoms with Gasteiger partial charge in [0, 0.05) is 6.42 Å². The number of nitrogens with one attached hydrogen (secondary N) is 1. The molecule has 0 atom stereocenters. The van der Waals surface area contributed by atoms with Crippen LogP contribution in [-0.2, 0) is 24.1 Å². The Hall–Kier alpha value is -1.06. The van der Waals surface area contributed by atoms with Crippen LogP contribution in [0, 0.1) is 0 Å². The van der Waals surface area contributed by atoms with E-state index in [-0.39, 0.29) is 18.8 Å². The first-order valence-corrected chi connectivity index (χ1v) is 5.79. The fourth-order valence-electron chi connectivity index (χ4n) is 2.13. The Labute approximate surface area is 108 Å². The van der Waals surface area contributed by atoms with Crippen molar-refractivity contribution in [2.24, 2.45) is 0 Å². The van der Waals surface area contributed by atoms with Crippen LogP contribution in [-0.4, -0.2) is 24.2 Å². The number of carbonyl (C=O) groups is 1. The molecule has 1 aliphatic rings. The summed E-state index contributed by atoms with van der Waals surface area (Å²) in [5, 5.41) is 12.0. The first kappa shape index (κ1) is 14.0. The molecule has 0 radical (unpaired) electrons. The van der Waals surface area contributed by atoms with E-state index < -0.39 is 5.97 Å². The quantitative estimate of drug-likeness (QED) is 0.866. The third-order valence-corrected chi connectivity index (χ3v) is 3.04. The zero-order valence-corrected chi connectivity index (χ0v) is 10.6. The molecule has 94 valence electrons. The highest BCUT2D eigenvalue weighted by atomic mass is 35.5. The lowest BCUT2D eigenvalue weighted by molar-refractivity contribution is -0.136. The van der Waals surface area contributed by atoms with E-state index in [4.69, 9.17) is 5.11 Å². The molecular weight excluding hydrogens is 238 g/mol. The van der Waals surface area contributed by atoms with E-state index >= 15 is 0 Å². The molecule has 0 saturated heterocycles. The Morgan fingerprint density at radius 3 is 2.65 bits per heavy atom. The van der Waals surface area contributed by atoms with Gasteiger partial charge in [-0.1, -0.05) is 18.2 Å². The van der Waals surface area contributed by atoms with E-state index in [0.717, 1.165) is 31.5 Å². The maximum atomic E-state index is 10.5. The summed E-state index contributed by atoms with van der Waals surface area (Å²) in [4.78, 5) is 10.5. The summed E-state index contributed by atoms with van der Waals surface area (Å²) >= 11 is 0. The lowest BCUT2D eigenvalue weighted by Gasteiger charge is -2.07. The number of rotatable bonds is 3. The molecule has 17 heavy (non-hydrogen) atoms.